The van der Waals surface area contributed by atoms with Gasteiger partial charge in [-0.05, 0) is 52.2 Å². The number of esters is 1. The van der Waals surface area contributed by atoms with Gasteiger partial charge in [0, 0.05) is 12.1 Å². The number of alkyl halides is 3. The fraction of sp³-hybridized carbons (Fsp3) is 0.125. The summed E-state index contributed by atoms with van der Waals surface area (Å²) in [6.45, 7) is 0. The third-order valence-corrected chi connectivity index (χ3v) is 6.50. The Hall–Kier alpha value is -5.25. The van der Waals surface area contributed by atoms with E-state index in [-0.39, 0.29) is 22.3 Å². The van der Waals surface area contributed by atoms with Crippen LogP contribution in [-0.2, 0) is 11.0 Å². The molecule has 42 heavy (non-hydrogen) atoms. The summed E-state index contributed by atoms with van der Waals surface area (Å²) >= 11 is 0. The van der Waals surface area contributed by atoms with E-state index >= 15 is 0 Å². The molecule has 0 spiro atoms. The first-order valence-electron chi connectivity index (χ1n) is 12.5. The lowest BCUT2D eigenvalue weighted by Gasteiger charge is -2.14. The number of halogens is 3. The third-order valence-electron chi connectivity index (χ3n) is 6.50. The second-order valence-electron chi connectivity index (χ2n) is 9.03. The van der Waals surface area contributed by atoms with Crippen LogP contribution in [-0.4, -0.2) is 27.3 Å². The second-order valence-corrected chi connectivity index (χ2v) is 9.03. The number of methoxy groups -OCH3 is 3. The van der Waals surface area contributed by atoms with E-state index in [0.717, 1.165) is 12.1 Å². The lowest BCUT2D eigenvalue weighted by Crippen LogP contribution is -2.16. The molecule has 5 rings (SSSR count). The van der Waals surface area contributed by atoms with Gasteiger partial charge in [-0.25, -0.2) is 4.79 Å². The Labute approximate surface area is 237 Å². The van der Waals surface area contributed by atoms with Crippen LogP contribution < -0.4 is 24.4 Å². The zero-order valence-corrected chi connectivity index (χ0v) is 22.6. The van der Waals surface area contributed by atoms with E-state index in [1.54, 1.807) is 48.5 Å². The van der Waals surface area contributed by atoms with Crippen molar-refractivity contribution in [1.82, 2.24) is 0 Å². The van der Waals surface area contributed by atoms with Crippen LogP contribution in [0.3, 0.4) is 0 Å². The zero-order chi connectivity index (χ0) is 30.0. The van der Waals surface area contributed by atoms with Crippen molar-refractivity contribution in [3.8, 4) is 34.1 Å². The molecule has 10 heteroatoms. The number of carbonyl (C=O) groups excluding carboxylic acids is 1. The normalized spacial score (nSPS) is 11.7. The van der Waals surface area contributed by atoms with Gasteiger partial charge in [0.1, 0.15) is 11.3 Å². The molecule has 0 aliphatic heterocycles. The summed E-state index contributed by atoms with van der Waals surface area (Å²) in [5.74, 6) is -1.26. The first kappa shape index (κ1) is 28.3. The van der Waals surface area contributed by atoms with Gasteiger partial charge >= 0.3 is 12.1 Å². The molecule has 0 aliphatic rings. The van der Waals surface area contributed by atoms with Crippen LogP contribution in [0.1, 0.15) is 11.3 Å². The van der Waals surface area contributed by atoms with Crippen molar-refractivity contribution < 1.29 is 41.3 Å². The van der Waals surface area contributed by atoms with Gasteiger partial charge in [-0.1, -0.05) is 42.5 Å². The monoisotopic (exact) mass is 576 g/mol. The van der Waals surface area contributed by atoms with Crippen molar-refractivity contribution >= 4 is 33.8 Å². The molecule has 0 unspecified atom stereocenters. The number of ether oxygens (including phenoxy) is 4. The molecule has 4 aromatic carbocycles. The molecule has 0 N–H and O–H groups in total. The largest absolute Gasteiger partial charge is 0.493 e. The van der Waals surface area contributed by atoms with Crippen LogP contribution in [0.25, 0.3) is 38.9 Å². The lowest BCUT2D eigenvalue weighted by molar-refractivity contribution is -0.152. The fourth-order valence-corrected chi connectivity index (χ4v) is 4.64. The van der Waals surface area contributed by atoms with Crippen LogP contribution in [0.2, 0.25) is 0 Å². The van der Waals surface area contributed by atoms with Crippen molar-refractivity contribution in [1.29, 1.82) is 0 Å². The van der Waals surface area contributed by atoms with Gasteiger partial charge in [0.25, 0.3) is 0 Å². The summed E-state index contributed by atoms with van der Waals surface area (Å²) in [5, 5.41) is 1.05. The summed E-state index contributed by atoms with van der Waals surface area (Å²) in [4.78, 5) is 26.0. The third kappa shape index (κ3) is 5.38. The maximum Gasteiger partial charge on any atom is 0.450 e. The smallest absolute Gasteiger partial charge is 0.450 e. The predicted molar refractivity (Wildman–Crippen MR) is 151 cm³/mol. The van der Waals surface area contributed by atoms with Crippen molar-refractivity contribution in [2.24, 2.45) is 0 Å². The standard InChI is InChI=1S/C32H23F3O7/c1-38-25-15-18(16-26(39-2)30(25)40-3)11-14-27(36)41-20-12-13-23-24(17-20)42-31(32(33,34)35)28(29(23)37)22-10-6-8-19-7-4-5-9-21(19)22/h4-17H,1-3H3. The number of rotatable bonds is 7. The van der Waals surface area contributed by atoms with Crippen molar-refractivity contribution in [3.05, 3.63) is 100 Å². The van der Waals surface area contributed by atoms with E-state index in [2.05, 4.69) is 0 Å². The molecular formula is C32H23F3O7. The number of fused-ring (bicyclic) bond motifs is 2. The molecule has 1 aromatic heterocycles. The molecular weight excluding hydrogens is 553 g/mol. The molecule has 0 amide bonds. The molecule has 1 heterocycles. The van der Waals surface area contributed by atoms with Gasteiger partial charge in [-0.3, -0.25) is 4.79 Å². The summed E-state index contributed by atoms with van der Waals surface area (Å²) in [5.41, 5.74) is -1.20. The van der Waals surface area contributed by atoms with Crippen molar-refractivity contribution in [3.63, 3.8) is 0 Å². The van der Waals surface area contributed by atoms with Crippen LogP contribution in [0.5, 0.6) is 23.0 Å². The molecule has 0 radical (unpaired) electrons. The Morgan fingerprint density at radius 2 is 1.52 bits per heavy atom. The highest BCUT2D eigenvalue weighted by Crippen LogP contribution is 2.40. The maximum absolute atomic E-state index is 14.2. The number of benzene rings is 4. The molecule has 0 aliphatic carbocycles. The van der Waals surface area contributed by atoms with Crippen LogP contribution >= 0.6 is 0 Å². The quantitative estimate of drug-likeness (QED) is 0.114. The first-order valence-corrected chi connectivity index (χ1v) is 12.5. The molecule has 0 saturated carbocycles. The number of hydrogen-bond acceptors (Lipinski definition) is 7. The van der Waals surface area contributed by atoms with Crippen molar-refractivity contribution in [2.75, 3.05) is 21.3 Å². The lowest BCUT2D eigenvalue weighted by atomic mass is 9.96. The molecule has 0 saturated heterocycles. The Bertz CT molecular complexity index is 1870. The topological polar surface area (TPSA) is 84.2 Å². The molecule has 0 atom stereocenters. The first-order chi connectivity index (χ1) is 20.1. The van der Waals surface area contributed by atoms with E-state index in [4.69, 9.17) is 23.4 Å². The molecule has 7 nitrogen and oxygen atoms in total. The summed E-state index contributed by atoms with van der Waals surface area (Å²) in [7, 11) is 4.36. The average Bonchev–Trinajstić information content (AvgIpc) is 2.98. The molecule has 5 aromatic rings. The molecule has 0 fully saturated rings. The SMILES string of the molecule is COc1cc(C=CC(=O)Oc2ccc3c(=O)c(-c4cccc5ccccc45)c(C(F)(F)F)oc3c2)cc(OC)c1OC. The van der Waals surface area contributed by atoms with Crippen LogP contribution in [0, 0.1) is 0 Å². The Balaban J connectivity index is 1.51. The van der Waals surface area contributed by atoms with E-state index in [1.807, 2.05) is 0 Å². The minimum Gasteiger partial charge on any atom is -0.493 e. The van der Waals surface area contributed by atoms with Gasteiger partial charge in [-0.2, -0.15) is 13.2 Å². The number of carbonyl (C=O) groups is 1. The van der Waals surface area contributed by atoms with Crippen LogP contribution in [0.15, 0.2) is 88.1 Å². The van der Waals surface area contributed by atoms with Crippen LogP contribution in [0.4, 0.5) is 13.2 Å². The van der Waals surface area contributed by atoms with Gasteiger partial charge < -0.3 is 23.4 Å². The van der Waals surface area contributed by atoms with Crippen molar-refractivity contribution in [2.45, 2.75) is 6.18 Å². The van der Waals surface area contributed by atoms with Gasteiger partial charge in [0.2, 0.25) is 16.9 Å². The highest BCUT2D eigenvalue weighted by Gasteiger charge is 2.39. The maximum atomic E-state index is 14.2. The fourth-order valence-electron chi connectivity index (χ4n) is 4.64. The minimum atomic E-state index is -4.98. The predicted octanol–water partition coefficient (Wildman–Crippen LogP) is 7.28. The summed E-state index contributed by atoms with van der Waals surface area (Å²) in [6.07, 6.45) is -2.42. The van der Waals surface area contributed by atoms with Gasteiger partial charge in [0.15, 0.2) is 11.5 Å². The summed E-state index contributed by atoms with van der Waals surface area (Å²) in [6, 6.07) is 18.5. The van der Waals surface area contributed by atoms with E-state index in [1.165, 1.54) is 45.6 Å². The summed E-state index contributed by atoms with van der Waals surface area (Å²) < 4.78 is 69.1. The zero-order valence-electron chi connectivity index (χ0n) is 22.6. The van der Waals surface area contributed by atoms with E-state index < -0.39 is 28.9 Å². The van der Waals surface area contributed by atoms with Gasteiger partial charge in [0.05, 0.1) is 32.3 Å². The number of hydrogen-bond donors (Lipinski definition) is 0. The van der Waals surface area contributed by atoms with Gasteiger partial charge in [-0.15, -0.1) is 0 Å². The highest BCUT2D eigenvalue weighted by molar-refractivity contribution is 5.99. The van der Waals surface area contributed by atoms with E-state index in [0.29, 0.717) is 33.6 Å². The Kier molecular flexibility index (Phi) is 7.62. The Morgan fingerprint density at radius 1 is 0.833 bits per heavy atom. The van der Waals surface area contributed by atoms with E-state index in [9.17, 15) is 22.8 Å². The minimum absolute atomic E-state index is 0.0984. The second kappa shape index (κ2) is 11.3. The molecule has 214 valence electrons. The average molecular weight is 577 g/mol. The Morgan fingerprint density at radius 3 is 2.19 bits per heavy atom. The molecule has 0 bridgehead atoms. The highest BCUT2D eigenvalue weighted by atomic mass is 19.4.